The Bertz CT molecular complexity index is 727. The molecule has 0 aromatic heterocycles. The normalized spacial score (nSPS) is 19.2. The molecule has 0 spiro atoms. The molecular weight excluding hydrogens is 308 g/mol. The van der Waals surface area contributed by atoms with Crippen molar-refractivity contribution in [1.82, 2.24) is 0 Å². The SMILES string of the molecule is Cc1ccc2c(c1)C(C)(N)c1cc(Cl)ccc1N2CCC(=N)N. The Morgan fingerprint density at radius 3 is 2.43 bits per heavy atom. The molecule has 0 radical (unpaired) electrons. The number of hydrogen-bond donors (Lipinski definition) is 3. The Balaban J connectivity index is 2.21. The number of hydrogen-bond acceptors (Lipinski definition) is 3. The number of benzene rings is 2. The zero-order valence-electron chi connectivity index (χ0n) is 13.4. The summed E-state index contributed by atoms with van der Waals surface area (Å²) in [5, 5.41) is 8.20. The minimum absolute atomic E-state index is 0.176. The van der Waals surface area contributed by atoms with Gasteiger partial charge in [-0.2, -0.15) is 0 Å². The van der Waals surface area contributed by atoms with Gasteiger partial charge < -0.3 is 16.4 Å². The lowest BCUT2D eigenvalue weighted by Gasteiger charge is -2.42. The Kier molecular flexibility index (Phi) is 3.82. The number of anilines is 2. The zero-order chi connectivity index (χ0) is 16.8. The van der Waals surface area contributed by atoms with Crippen LogP contribution in [0.3, 0.4) is 0 Å². The van der Waals surface area contributed by atoms with Gasteiger partial charge in [0.2, 0.25) is 0 Å². The first-order valence-electron chi connectivity index (χ1n) is 7.61. The predicted molar refractivity (Wildman–Crippen MR) is 96.8 cm³/mol. The average Bonchev–Trinajstić information content (AvgIpc) is 2.48. The molecule has 0 fully saturated rings. The van der Waals surface area contributed by atoms with Gasteiger partial charge in [0, 0.05) is 40.5 Å². The molecule has 1 heterocycles. The summed E-state index contributed by atoms with van der Waals surface area (Å²) >= 11 is 6.21. The van der Waals surface area contributed by atoms with E-state index in [9.17, 15) is 0 Å². The monoisotopic (exact) mass is 328 g/mol. The second-order valence-electron chi connectivity index (χ2n) is 6.31. The molecule has 2 aromatic rings. The summed E-state index contributed by atoms with van der Waals surface area (Å²) in [5.74, 6) is 0.176. The van der Waals surface area contributed by atoms with Crippen LogP contribution in [-0.2, 0) is 5.54 Å². The van der Waals surface area contributed by atoms with Crippen LogP contribution in [0.5, 0.6) is 0 Å². The third-order valence-electron chi connectivity index (χ3n) is 4.42. The van der Waals surface area contributed by atoms with Crippen molar-refractivity contribution >= 4 is 28.8 Å². The standard InChI is InChI=1S/C18H21ClN4/c1-11-3-5-15-13(9-11)18(2,22)14-10-12(19)4-6-16(14)23(15)8-7-17(20)21/h3-6,9-10H,7-8,22H2,1-2H3,(H3,20,21). The van der Waals surface area contributed by atoms with E-state index < -0.39 is 5.54 Å². The molecule has 1 aliphatic heterocycles. The highest BCUT2D eigenvalue weighted by atomic mass is 35.5. The van der Waals surface area contributed by atoms with Crippen LogP contribution in [0.2, 0.25) is 5.02 Å². The lowest BCUT2D eigenvalue weighted by atomic mass is 9.79. The van der Waals surface area contributed by atoms with Gasteiger partial charge >= 0.3 is 0 Å². The molecule has 5 N–H and O–H groups in total. The summed E-state index contributed by atoms with van der Waals surface area (Å²) < 4.78 is 0. The smallest absolute Gasteiger partial charge is 0.0923 e. The Labute approximate surface area is 141 Å². The highest BCUT2D eigenvalue weighted by molar-refractivity contribution is 6.30. The highest BCUT2D eigenvalue weighted by Crippen LogP contribution is 2.47. The molecule has 0 bridgehead atoms. The summed E-state index contributed by atoms with van der Waals surface area (Å²) in [6, 6.07) is 12.1. The van der Waals surface area contributed by atoms with Crippen LogP contribution in [0.1, 0.15) is 30.0 Å². The summed E-state index contributed by atoms with van der Waals surface area (Å²) in [4.78, 5) is 2.18. The second-order valence-corrected chi connectivity index (χ2v) is 6.75. The van der Waals surface area contributed by atoms with Gasteiger partial charge in [-0.25, -0.2) is 0 Å². The topological polar surface area (TPSA) is 79.1 Å². The molecule has 2 aromatic carbocycles. The molecule has 23 heavy (non-hydrogen) atoms. The van der Waals surface area contributed by atoms with Gasteiger partial charge in [0.05, 0.1) is 11.4 Å². The maximum absolute atomic E-state index is 7.53. The van der Waals surface area contributed by atoms with Crippen molar-refractivity contribution in [2.24, 2.45) is 11.5 Å². The van der Waals surface area contributed by atoms with E-state index in [2.05, 4.69) is 30.0 Å². The van der Waals surface area contributed by atoms with Gasteiger partial charge in [-0.1, -0.05) is 29.3 Å². The van der Waals surface area contributed by atoms with Crippen molar-refractivity contribution in [3.63, 3.8) is 0 Å². The molecule has 0 amide bonds. The number of nitrogens with one attached hydrogen (secondary N) is 1. The van der Waals surface area contributed by atoms with Gasteiger partial charge in [-0.15, -0.1) is 0 Å². The number of halogens is 1. The fraction of sp³-hybridized carbons (Fsp3) is 0.278. The maximum atomic E-state index is 7.53. The van der Waals surface area contributed by atoms with Crippen molar-refractivity contribution in [2.45, 2.75) is 25.8 Å². The van der Waals surface area contributed by atoms with Crippen LogP contribution in [0, 0.1) is 12.3 Å². The number of nitrogens with zero attached hydrogens (tertiary/aromatic N) is 1. The van der Waals surface area contributed by atoms with Gasteiger partial charge in [0.25, 0.3) is 0 Å². The van der Waals surface area contributed by atoms with E-state index in [1.54, 1.807) is 0 Å². The van der Waals surface area contributed by atoms with Gasteiger partial charge in [-0.05, 0) is 38.1 Å². The van der Waals surface area contributed by atoms with E-state index in [0.717, 1.165) is 28.1 Å². The molecular formula is C18H21ClN4. The van der Waals surface area contributed by atoms with Gasteiger partial charge in [-0.3, -0.25) is 5.41 Å². The van der Waals surface area contributed by atoms with Crippen LogP contribution in [0.4, 0.5) is 11.4 Å². The van der Waals surface area contributed by atoms with E-state index in [4.69, 9.17) is 28.5 Å². The van der Waals surface area contributed by atoms with Gasteiger partial charge in [0.15, 0.2) is 0 Å². The van der Waals surface area contributed by atoms with E-state index in [1.165, 1.54) is 0 Å². The third-order valence-corrected chi connectivity index (χ3v) is 4.65. The summed E-state index contributed by atoms with van der Waals surface area (Å²) in [6.07, 6.45) is 0.497. The van der Waals surface area contributed by atoms with Crippen LogP contribution in [0.15, 0.2) is 36.4 Å². The first-order valence-corrected chi connectivity index (χ1v) is 7.99. The molecule has 0 saturated heterocycles. The van der Waals surface area contributed by atoms with Crippen LogP contribution in [0.25, 0.3) is 0 Å². The van der Waals surface area contributed by atoms with Gasteiger partial charge in [0.1, 0.15) is 0 Å². The molecule has 120 valence electrons. The van der Waals surface area contributed by atoms with Crippen molar-refractivity contribution in [3.8, 4) is 0 Å². The number of rotatable bonds is 3. The van der Waals surface area contributed by atoms with E-state index in [0.29, 0.717) is 18.0 Å². The van der Waals surface area contributed by atoms with E-state index in [-0.39, 0.29) is 5.84 Å². The molecule has 4 nitrogen and oxygen atoms in total. The minimum Gasteiger partial charge on any atom is -0.388 e. The van der Waals surface area contributed by atoms with Crippen LogP contribution in [-0.4, -0.2) is 12.4 Å². The first kappa shape index (κ1) is 15.8. The number of fused-ring (bicyclic) bond motifs is 2. The maximum Gasteiger partial charge on any atom is 0.0923 e. The van der Waals surface area contributed by atoms with E-state index >= 15 is 0 Å². The lowest BCUT2D eigenvalue weighted by Crippen LogP contribution is -2.42. The zero-order valence-corrected chi connectivity index (χ0v) is 14.1. The van der Waals surface area contributed by atoms with Crippen molar-refractivity contribution in [3.05, 3.63) is 58.1 Å². The predicted octanol–water partition coefficient (Wildman–Crippen LogP) is 3.65. The molecule has 0 saturated carbocycles. The Morgan fingerprint density at radius 1 is 1.17 bits per heavy atom. The van der Waals surface area contributed by atoms with Crippen molar-refractivity contribution < 1.29 is 0 Å². The van der Waals surface area contributed by atoms with Crippen LogP contribution < -0.4 is 16.4 Å². The second kappa shape index (κ2) is 5.55. The fourth-order valence-electron chi connectivity index (χ4n) is 3.21. The Morgan fingerprint density at radius 2 is 1.78 bits per heavy atom. The Hall–Kier alpha value is -2.04. The molecule has 1 unspecified atom stereocenters. The summed E-state index contributed by atoms with van der Waals surface area (Å²) in [7, 11) is 0. The summed E-state index contributed by atoms with van der Waals surface area (Å²) in [6.45, 7) is 4.71. The largest absolute Gasteiger partial charge is 0.388 e. The molecule has 1 atom stereocenters. The molecule has 0 aliphatic carbocycles. The number of amidine groups is 1. The molecule has 5 heteroatoms. The highest BCUT2D eigenvalue weighted by Gasteiger charge is 2.36. The van der Waals surface area contributed by atoms with E-state index in [1.807, 2.05) is 25.1 Å². The molecule has 3 rings (SSSR count). The quantitative estimate of drug-likeness (QED) is 0.594. The van der Waals surface area contributed by atoms with Crippen molar-refractivity contribution in [2.75, 3.05) is 11.4 Å². The number of nitrogens with two attached hydrogens (primary N) is 2. The third kappa shape index (κ3) is 2.69. The van der Waals surface area contributed by atoms with Crippen molar-refractivity contribution in [1.29, 1.82) is 5.41 Å². The number of aryl methyl sites for hydroxylation is 1. The lowest BCUT2D eigenvalue weighted by molar-refractivity contribution is 0.589. The minimum atomic E-state index is -0.617. The average molecular weight is 329 g/mol. The summed E-state index contributed by atoms with van der Waals surface area (Å²) in [5.41, 5.74) is 17.0. The van der Waals surface area contributed by atoms with Crippen LogP contribution >= 0.6 is 11.6 Å². The fourth-order valence-corrected chi connectivity index (χ4v) is 3.38. The molecule has 1 aliphatic rings. The first-order chi connectivity index (χ1) is 10.8.